The highest BCUT2D eigenvalue weighted by Gasteiger charge is 2.09. The second kappa shape index (κ2) is 6.42. The van der Waals surface area contributed by atoms with Crippen molar-refractivity contribution in [2.45, 2.75) is 33.6 Å². The molecular weight excluding hydrogens is 168 g/mol. The monoisotopic (exact) mass is 190 g/mol. The van der Waals surface area contributed by atoms with Gasteiger partial charge in [-0.3, -0.25) is 0 Å². The molecule has 0 amide bonds. The predicted octanol–water partition coefficient (Wildman–Crippen LogP) is 4.67. The van der Waals surface area contributed by atoms with Crippen molar-refractivity contribution >= 4 is 0 Å². The van der Waals surface area contributed by atoms with Gasteiger partial charge in [0, 0.05) is 5.41 Å². The molecule has 0 unspecified atom stereocenters. The van der Waals surface area contributed by atoms with Crippen molar-refractivity contribution in [3.63, 3.8) is 0 Å². The lowest BCUT2D eigenvalue weighted by Crippen LogP contribution is -2.03. The van der Waals surface area contributed by atoms with Crippen LogP contribution in [-0.4, -0.2) is 0 Å². The largest absolute Gasteiger partial charge is 0.103 e. The Kier molecular flexibility index (Phi) is 5.94. The molecule has 0 nitrogen and oxygen atoms in total. The second-order valence-corrected chi connectivity index (χ2v) is 4.05. The molecule has 0 radical (unpaired) electrons. The van der Waals surface area contributed by atoms with Crippen LogP contribution in [0.1, 0.15) is 33.6 Å². The van der Waals surface area contributed by atoms with Crippen LogP contribution in [0.15, 0.2) is 49.1 Å². The van der Waals surface area contributed by atoms with Crippen LogP contribution in [0.2, 0.25) is 0 Å². The van der Waals surface area contributed by atoms with Crippen molar-refractivity contribution < 1.29 is 0 Å². The summed E-state index contributed by atoms with van der Waals surface area (Å²) in [6.07, 6.45) is 12.5. The molecule has 0 aliphatic rings. The average Bonchev–Trinajstić information content (AvgIpc) is 2.14. The van der Waals surface area contributed by atoms with E-state index >= 15 is 0 Å². The van der Waals surface area contributed by atoms with Crippen LogP contribution in [0.25, 0.3) is 0 Å². The highest BCUT2D eigenvalue weighted by atomic mass is 14.1. The van der Waals surface area contributed by atoms with E-state index in [9.17, 15) is 0 Å². The minimum atomic E-state index is 0.114. The van der Waals surface area contributed by atoms with Crippen LogP contribution in [0.4, 0.5) is 0 Å². The van der Waals surface area contributed by atoms with Gasteiger partial charge in [0.1, 0.15) is 0 Å². The Hall–Kier alpha value is -1.04. The molecule has 0 saturated carbocycles. The van der Waals surface area contributed by atoms with Crippen LogP contribution in [0.3, 0.4) is 0 Å². The van der Waals surface area contributed by atoms with E-state index in [1.807, 2.05) is 12.2 Å². The third-order valence-electron chi connectivity index (χ3n) is 1.98. The first kappa shape index (κ1) is 13.0. The maximum atomic E-state index is 3.80. The lowest BCUT2D eigenvalue weighted by molar-refractivity contribution is 0.618. The van der Waals surface area contributed by atoms with Gasteiger partial charge in [-0.2, -0.15) is 0 Å². The number of rotatable bonds is 6. The van der Waals surface area contributed by atoms with E-state index in [-0.39, 0.29) is 5.41 Å². The molecule has 78 valence electrons. The molecular formula is C14H22. The Morgan fingerprint density at radius 2 is 1.93 bits per heavy atom. The number of hydrogen-bond acceptors (Lipinski definition) is 0. The summed E-state index contributed by atoms with van der Waals surface area (Å²) in [5.74, 6) is 0. The van der Waals surface area contributed by atoms with Crippen molar-refractivity contribution in [1.29, 1.82) is 0 Å². The summed E-state index contributed by atoms with van der Waals surface area (Å²) in [6.45, 7) is 14.1. The molecule has 0 heteroatoms. The molecule has 0 aromatic carbocycles. The third-order valence-corrected chi connectivity index (χ3v) is 1.98. The molecule has 0 aliphatic carbocycles. The van der Waals surface area contributed by atoms with E-state index < -0.39 is 0 Å². The zero-order valence-corrected chi connectivity index (χ0v) is 9.72. The van der Waals surface area contributed by atoms with Gasteiger partial charge in [-0.1, -0.05) is 57.7 Å². The van der Waals surface area contributed by atoms with E-state index in [0.29, 0.717) is 0 Å². The molecule has 0 heterocycles. The van der Waals surface area contributed by atoms with Gasteiger partial charge in [0.15, 0.2) is 0 Å². The summed E-state index contributed by atoms with van der Waals surface area (Å²) in [6, 6.07) is 0. The quantitative estimate of drug-likeness (QED) is 0.422. The Morgan fingerprint density at radius 1 is 1.29 bits per heavy atom. The van der Waals surface area contributed by atoms with Crippen LogP contribution in [-0.2, 0) is 0 Å². The van der Waals surface area contributed by atoms with Crippen molar-refractivity contribution in [3.8, 4) is 0 Å². The smallest absolute Gasteiger partial charge is 0.00103 e. The number of allylic oxidation sites excluding steroid dienone is 6. The van der Waals surface area contributed by atoms with E-state index in [0.717, 1.165) is 12.8 Å². The molecule has 0 aromatic heterocycles. The number of hydrogen-bond donors (Lipinski definition) is 0. The highest BCUT2D eigenvalue weighted by molar-refractivity contribution is 5.24. The fourth-order valence-corrected chi connectivity index (χ4v) is 1.32. The highest BCUT2D eigenvalue weighted by Crippen LogP contribution is 2.23. The van der Waals surface area contributed by atoms with Gasteiger partial charge in [-0.15, -0.1) is 6.58 Å². The molecule has 0 saturated heterocycles. The molecule has 14 heavy (non-hydrogen) atoms. The molecule has 0 rings (SSSR count). The van der Waals surface area contributed by atoms with Crippen molar-refractivity contribution in [1.82, 2.24) is 0 Å². The second-order valence-electron chi connectivity index (χ2n) is 4.05. The van der Waals surface area contributed by atoms with Crippen molar-refractivity contribution in [3.05, 3.63) is 49.1 Å². The normalized spacial score (nSPS) is 13.2. The van der Waals surface area contributed by atoms with Crippen LogP contribution in [0.5, 0.6) is 0 Å². The van der Waals surface area contributed by atoms with Gasteiger partial charge in [0.05, 0.1) is 0 Å². The first-order valence-corrected chi connectivity index (χ1v) is 5.18. The SMILES string of the molecule is C=CC/C(C=C)=C\C(C)(C)/C=C\CC. The van der Waals surface area contributed by atoms with E-state index in [4.69, 9.17) is 0 Å². The van der Waals surface area contributed by atoms with Gasteiger partial charge in [0.2, 0.25) is 0 Å². The van der Waals surface area contributed by atoms with Gasteiger partial charge in [-0.05, 0) is 18.4 Å². The first-order valence-electron chi connectivity index (χ1n) is 5.18. The summed E-state index contributed by atoms with van der Waals surface area (Å²) in [7, 11) is 0. The van der Waals surface area contributed by atoms with Crippen LogP contribution >= 0.6 is 0 Å². The summed E-state index contributed by atoms with van der Waals surface area (Å²) < 4.78 is 0. The van der Waals surface area contributed by atoms with E-state index in [1.165, 1.54) is 5.57 Å². The third kappa shape index (κ3) is 5.58. The summed E-state index contributed by atoms with van der Waals surface area (Å²) in [4.78, 5) is 0. The lowest BCUT2D eigenvalue weighted by atomic mass is 9.89. The van der Waals surface area contributed by atoms with Crippen LogP contribution in [0, 0.1) is 5.41 Å². The minimum Gasteiger partial charge on any atom is -0.103 e. The average molecular weight is 190 g/mol. The van der Waals surface area contributed by atoms with Crippen molar-refractivity contribution in [2.75, 3.05) is 0 Å². The fourth-order valence-electron chi connectivity index (χ4n) is 1.32. The zero-order chi connectivity index (χ0) is 11.0. The molecule has 0 aromatic rings. The molecule has 0 bridgehead atoms. The predicted molar refractivity (Wildman–Crippen MR) is 66.3 cm³/mol. The maximum absolute atomic E-state index is 3.80. The zero-order valence-electron chi connectivity index (χ0n) is 9.72. The first-order chi connectivity index (χ1) is 6.55. The Morgan fingerprint density at radius 3 is 2.36 bits per heavy atom. The molecule has 0 N–H and O–H groups in total. The molecule has 0 aliphatic heterocycles. The van der Waals surface area contributed by atoms with Gasteiger partial charge >= 0.3 is 0 Å². The lowest BCUT2D eigenvalue weighted by Gasteiger charge is -2.16. The summed E-state index contributed by atoms with van der Waals surface area (Å²) in [5, 5.41) is 0. The Bertz CT molecular complexity index is 239. The fraction of sp³-hybridized carbons (Fsp3) is 0.429. The molecule has 0 atom stereocenters. The van der Waals surface area contributed by atoms with Crippen molar-refractivity contribution in [2.24, 2.45) is 5.41 Å². The summed E-state index contributed by atoms with van der Waals surface area (Å²) in [5.41, 5.74) is 1.36. The van der Waals surface area contributed by atoms with E-state index in [2.05, 4.69) is 52.2 Å². The maximum Gasteiger partial charge on any atom is 0.00103 e. The van der Waals surface area contributed by atoms with Gasteiger partial charge in [0.25, 0.3) is 0 Å². The topological polar surface area (TPSA) is 0 Å². The Balaban J connectivity index is 4.63. The molecule has 0 spiro atoms. The van der Waals surface area contributed by atoms with Gasteiger partial charge in [-0.25, -0.2) is 0 Å². The Labute approximate surface area is 88.7 Å². The van der Waals surface area contributed by atoms with E-state index in [1.54, 1.807) is 0 Å². The molecule has 0 fully saturated rings. The van der Waals surface area contributed by atoms with Gasteiger partial charge < -0.3 is 0 Å². The minimum absolute atomic E-state index is 0.114. The standard InChI is InChI=1S/C14H22/c1-6-9-11-14(4,5)12-13(8-3)10-7-2/h7-9,11-12H,2-3,6,10H2,1,4-5H3/b11-9-,13-12-. The van der Waals surface area contributed by atoms with Crippen LogP contribution < -0.4 is 0 Å². The summed E-state index contributed by atoms with van der Waals surface area (Å²) >= 11 is 0.